The Morgan fingerprint density at radius 3 is 2.30 bits per heavy atom. The average Bonchev–Trinajstić information content (AvgIpc) is 3.15. The van der Waals surface area contributed by atoms with Gasteiger partial charge in [0.1, 0.15) is 12.8 Å². The molecule has 0 spiro atoms. The highest BCUT2D eigenvalue weighted by Crippen LogP contribution is 2.44. The molecule has 0 saturated carbocycles. The van der Waals surface area contributed by atoms with Crippen molar-refractivity contribution in [2.75, 3.05) is 18.5 Å². The third kappa shape index (κ3) is 5.02. The summed E-state index contributed by atoms with van der Waals surface area (Å²) < 4.78 is 5.48. The molecular formula is C26H21N3O4. The van der Waals surface area contributed by atoms with Crippen molar-refractivity contribution in [3.63, 3.8) is 0 Å². The Morgan fingerprint density at radius 1 is 0.970 bits per heavy atom. The maximum absolute atomic E-state index is 12.2. The molecule has 4 rings (SSSR count). The zero-order valence-electron chi connectivity index (χ0n) is 17.6. The zero-order chi connectivity index (χ0) is 23.0. The predicted molar refractivity (Wildman–Crippen MR) is 125 cm³/mol. The van der Waals surface area contributed by atoms with E-state index >= 15 is 0 Å². The highest BCUT2D eigenvalue weighted by Gasteiger charge is 2.28. The molecule has 2 amide bonds. The van der Waals surface area contributed by atoms with Crippen molar-refractivity contribution >= 4 is 23.9 Å². The summed E-state index contributed by atoms with van der Waals surface area (Å²) in [5, 5.41) is 16.3. The third-order valence-corrected chi connectivity index (χ3v) is 5.25. The highest BCUT2D eigenvalue weighted by atomic mass is 16.5. The summed E-state index contributed by atoms with van der Waals surface area (Å²) in [4.78, 5) is 23.8. The van der Waals surface area contributed by atoms with Gasteiger partial charge in [-0.05, 0) is 34.4 Å². The van der Waals surface area contributed by atoms with Gasteiger partial charge in [0.25, 0.3) is 5.91 Å². The standard InChI is InChI=1S/C26H21N3O4/c30-25(16-28-32)29-24-14-6-1-8-18(24)9-7-15-27-26(31)33-17-23-21-12-4-2-10-19(21)20-11-3-5-13-22(20)23/h1-6,8,10-14,16,23,32H,15,17H2,(H,27,31)(H,29,30). The van der Waals surface area contributed by atoms with Crippen LogP contribution in [0.15, 0.2) is 78.0 Å². The van der Waals surface area contributed by atoms with Crippen LogP contribution in [-0.4, -0.2) is 36.6 Å². The van der Waals surface area contributed by atoms with Crippen LogP contribution in [0.3, 0.4) is 0 Å². The summed E-state index contributed by atoms with van der Waals surface area (Å²) in [7, 11) is 0. The maximum Gasteiger partial charge on any atom is 0.407 e. The molecule has 0 fully saturated rings. The number of carbonyl (C=O) groups is 2. The molecule has 164 valence electrons. The number of fused-ring (bicyclic) bond motifs is 3. The molecule has 0 bridgehead atoms. The van der Waals surface area contributed by atoms with Crippen molar-refractivity contribution in [1.82, 2.24) is 5.32 Å². The van der Waals surface area contributed by atoms with Crippen LogP contribution in [0.4, 0.5) is 10.5 Å². The van der Waals surface area contributed by atoms with E-state index in [0.29, 0.717) is 11.3 Å². The van der Waals surface area contributed by atoms with Crippen LogP contribution >= 0.6 is 0 Å². The molecule has 7 nitrogen and oxygen atoms in total. The number of carbonyl (C=O) groups excluding carboxylic acids is 2. The smallest absolute Gasteiger partial charge is 0.407 e. The second-order valence-electron chi connectivity index (χ2n) is 7.26. The number of rotatable bonds is 5. The first kappa shape index (κ1) is 21.7. The number of amides is 2. The fourth-order valence-corrected chi connectivity index (χ4v) is 3.82. The molecular weight excluding hydrogens is 418 g/mol. The number of hydrogen-bond donors (Lipinski definition) is 3. The number of oxime groups is 1. The van der Waals surface area contributed by atoms with Crippen molar-refractivity contribution in [2.45, 2.75) is 5.92 Å². The predicted octanol–water partition coefficient (Wildman–Crippen LogP) is 3.98. The van der Waals surface area contributed by atoms with E-state index < -0.39 is 12.0 Å². The number of nitrogens with one attached hydrogen (secondary N) is 2. The fourth-order valence-electron chi connectivity index (χ4n) is 3.82. The average molecular weight is 439 g/mol. The lowest BCUT2D eigenvalue weighted by molar-refractivity contribution is -0.110. The van der Waals surface area contributed by atoms with E-state index in [9.17, 15) is 9.59 Å². The summed E-state index contributed by atoms with van der Waals surface area (Å²) >= 11 is 0. The minimum atomic E-state index is -0.580. The molecule has 33 heavy (non-hydrogen) atoms. The summed E-state index contributed by atoms with van der Waals surface area (Å²) in [6.45, 7) is 0.311. The molecule has 0 atom stereocenters. The summed E-state index contributed by atoms with van der Waals surface area (Å²) in [6.07, 6.45) is 0.204. The SMILES string of the molecule is O=C(C=NO)Nc1ccccc1C#CCNC(=O)OCC1c2ccccc2-c2ccccc21. The minimum absolute atomic E-state index is 0.00724. The summed E-state index contributed by atoms with van der Waals surface area (Å²) in [5.41, 5.74) is 5.67. The van der Waals surface area contributed by atoms with Crippen LogP contribution in [0.5, 0.6) is 0 Å². The number of ether oxygens (including phenoxy) is 1. The van der Waals surface area contributed by atoms with Crippen LogP contribution in [0.1, 0.15) is 22.6 Å². The van der Waals surface area contributed by atoms with Crippen LogP contribution in [0.25, 0.3) is 11.1 Å². The first-order valence-electron chi connectivity index (χ1n) is 10.3. The van der Waals surface area contributed by atoms with Gasteiger partial charge in [-0.25, -0.2) is 4.79 Å². The van der Waals surface area contributed by atoms with Crippen molar-refractivity contribution in [3.8, 4) is 23.0 Å². The molecule has 0 radical (unpaired) electrons. The van der Waals surface area contributed by atoms with Crippen molar-refractivity contribution < 1.29 is 19.5 Å². The molecule has 0 aliphatic heterocycles. The van der Waals surface area contributed by atoms with Gasteiger partial charge in [0, 0.05) is 11.5 Å². The first-order chi connectivity index (χ1) is 16.2. The summed E-state index contributed by atoms with van der Waals surface area (Å²) in [6, 6.07) is 23.2. The Morgan fingerprint density at radius 2 is 1.61 bits per heavy atom. The summed E-state index contributed by atoms with van der Waals surface area (Å²) in [5.74, 6) is 5.15. The van der Waals surface area contributed by atoms with Crippen LogP contribution in [0, 0.1) is 11.8 Å². The number of hydrogen-bond acceptors (Lipinski definition) is 5. The van der Waals surface area contributed by atoms with Crippen LogP contribution in [-0.2, 0) is 9.53 Å². The van der Waals surface area contributed by atoms with Crippen molar-refractivity contribution in [3.05, 3.63) is 89.5 Å². The van der Waals surface area contributed by atoms with Gasteiger partial charge in [0.05, 0.1) is 12.2 Å². The van der Waals surface area contributed by atoms with Gasteiger partial charge in [-0.1, -0.05) is 77.7 Å². The van der Waals surface area contributed by atoms with E-state index in [0.717, 1.165) is 17.3 Å². The minimum Gasteiger partial charge on any atom is -0.449 e. The van der Waals surface area contributed by atoms with Gasteiger partial charge in [0.2, 0.25) is 0 Å². The van der Waals surface area contributed by atoms with Gasteiger partial charge < -0.3 is 20.6 Å². The van der Waals surface area contributed by atoms with Crippen LogP contribution in [0.2, 0.25) is 0 Å². The van der Waals surface area contributed by atoms with Crippen molar-refractivity contribution in [2.24, 2.45) is 5.16 Å². The van der Waals surface area contributed by atoms with E-state index in [2.05, 4.69) is 51.9 Å². The highest BCUT2D eigenvalue weighted by molar-refractivity contribution is 6.31. The number of alkyl carbamates (subject to hydrolysis) is 1. The number of anilines is 1. The molecule has 1 aliphatic rings. The quantitative estimate of drug-likeness (QED) is 0.242. The Labute approximate surface area is 191 Å². The zero-order valence-corrected chi connectivity index (χ0v) is 17.6. The lowest BCUT2D eigenvalue weighted by Gasteiger charge is -2.14. The van der Waals surface area contributed by atoms with E-state index in [4.69, 9.17) is 9.94 Å². The molecule has 3 N–H and O–H groups in total. The number of nitrogens with zero attached hydrogens (tertiary/aromatic N) is 1. The van der Waals surface area contributed by atoms with Crippen molar-refractivity contribution in [1.29, 1.82) is 0 Å². The van der Waals surface area contributed by atoms with E-state index in [1.54, 1.807) is 24.3 Å². The van der Waals surface area contributed by atoms with Crippen LogP contribution < -0.4 is 10.6 Å². The van der Waals surface area contributed by atoms with E-state index in [1.807, 2.05) is 24.3 Å². The largest absolute Gasteiger partial charge is 0.449 e. The Bertz CT molecular complexity index is 1230. The van der Waals surface area contributed by atoms with Gasteiger partial charge in [-0.3, -0.25) is 4.79 Å². The molecule has 0 unspecified atom stereocenters. The lowest BCUT2D eigenvalue weighted by Crippen LogP contribution is -2.26. The second-order valence-corrected chi connectivity index (χ2v) is 7.26. The Hall–Kier alpha value is -4.57. The van der Waals surface area contributed by atoms with Gasteiger partial charge in [0.15, 0.2) is 0 Å². The molecule has 3 aromatic rings. The monoisotopic (exact) mass is 439 g/mol. The van der Waals surface area contributed by atoms with Gasteiger partial charge in [-0.2, -0.15) is 0 Å². The Kier molecular flexibility index (Phi) is 6.67. The molecule has 0 aromatic heterocycles. The second kappa shape index (κ2) is 10.2. The number of benzene rings is 3. The molecule has 1 aliphatic carbocycles. The molecule has 0 saturated heterocycles. The van der Waals surface area contributed by atoms with E-state index in [1.165, 1.54) is 11.1 Å². The fraction of sp³-hybridized carbons (Fsp3) is 0.115. The molecule has 0 heterocycles. The topological polar surface area (TPSA) is 100 Å². The molecule has 7 heteroatoms. The maximum atomic E-state index is 12.2. The first-order valence-corrected chi connectivity index (χ1v) is 10.3. The normalized spacial score (nSPS) is 11.8. The number of para-hydroxylation sites is 1. The Balaban J connectivity index is 1.33. The van der Waals surface area contributed by atoms with E-state index in [-0.39, 0.29) is 19.1 Å². The molecule has 3 aromatic carbocycles. The van der Waals surface area contributed by atoms with Gasteiger partial charge >= 0.3 is 6.09 Å². The lowest BCUT2D eigenvalue weighted by atomic mass is 9.98. The van der Waals surface area contributed by atoms with Gasteiger partial charge in [-0.15, -0.1) is 0 Å². The third-order valence-electron chi connectivity index (χ3n) is 5.25.